The maximum Gasteiger partial charge on any atom is 0.120 e. The van der Waals surface area contributed by atoms with Gasteiger partial charge >= 0.3 is 0 Å². The Morgan fingerprint density at radius 3 is 2.24 bits per heavy atom. The van der Waals surface area contributed by atoms with Gasteiger partial charge in [0.15, 0.2) is 0 Å². The predicted molar refractivity (Wildman–Crippen MR) is 208 cm³/mol. The van der Waals surface area contributed by atoms with Gasteiger partial charge < -0.3 is 14.4 Å². The van der Waals surface area contributed by atoms with E-state index in [9.17, 15) is 1.37 Å². The van der Waals surface area contributed by atoms with Gasteiger partial charge in [-0.05, 0) is 121 Å². The van der Waals surface area contributed by atoms with Crippen LogP contribution >= 0.6 is 0 Å². The first-order chi connectivity index (χ1) is 30.4. The van der Waals surface area contributed by atoms with Gasteiger partial charge in [0.2, 0.25) is 0 Å². The molecule has 261 valence electrons. The zero-order valence-electron chi connectivity index (χ0n) is 44.2. The number of benzene rings is 4. The fourth-order valence-electron chi connectivity index (χ4n) is 6.40. The molecule has 1 radical (unpaired) electrons. The fraction of sp³-hybridized carbons (Fsp3) is 0.277. The molecule has 7 aromatic rings. The van der Waals surface area contributed by atoms with Crippen LogP contribution in [0.3, 0.4) is 0 Å². The monoisotopic (exact) mass is 863 g/mol. The van der Waals surface area contributed by atoms with Gasteiger partial charge in [-0.15, -0.1) is 53.6 Å². The zero-order valence-corrected chi connectivity index (χ0v) is 30.6. The van der Waals surface area contributed by atoms with Crippen molar-refractivity contribution in [3.8, 4) is 33.6 Å². The van der Waals surface area contributed by atoms with Crippen LogP contribution in [-0.4, -0.2) is 9.97 Å². The largest absolute Gasteiger partial charge is 0.501 e. The number of pyridine rings is 2. The van der Waals surface area contributed by atoms with Crippen LogP contribution in [0.25, 0.3) is 55.6 Å². The third-order valence-corrected chi connectivity index (χ3v) is 9.37. The molecular formula is C47H46IrN2O-2. The van der Waals surface area contributed by atoms with Gasteiger partial charge in [0.1, 0.15) is 5.58 Å². The summed E-state index contributed by atoms with van der Waals surface area (Å²) in [6.45, 7) is -7.47. The number of hydrogen-bond acceptors (Lipinski definition) is 3. The minimum absolute atomic E-state index is 0. The van der Waals surface area contributed by atoms with Crippen molar-refractivity contribution < 1.29 is 46.5 Å². The third kappa shape index (κ3) is 7.93. The van der Waals surface area contributed by atoms with E-state index in [0.29, 0.717) is 62.9 Å². The minimum Gasteiger partial charge on any atom is -0.501 e. The predicted octanol–water partition coefficient (Wildman–Crippen LogP) is 12.9. The summed E-state index contributed by atoms with van der Waals surface area (Å²) in [4.78, 5) is 8.55. The van der Waals surface area contributed by atoms with Crippen molar-refractivity contribution in [1.82, 2.24) is 9.97 Å². The molecule has 0 amide bonds. The number of hydrogen-bond donors (Lipinski definition) is 0. The maximum absolute atomic E-state index is 9.24. The van der Waals surface area contributed by atoms with E-state index >= 15 is 0 Å². The summed E-state index contributed by atoms with van der Waals surface area (Å²) in [5.41, 5.74) is 4.35. The molecule has 0 spiro atoms. The van der Waals surface area contributed by atoms with Gasteiger partial charge in [-0.2, -0.15) is 0 Å². The van der Waals surface area contributed by atoms with Crippen LogP contribution < -0.4 is 0 Å². The Balaban J connectivity index is 0.000000296. The Morgan fingerprint density at radius 1 is 0.725 bits per heavy atom. The van der Waals surface area contributed by atoms with Crippen molar-refractivity contribution >= 4 is 21.9 Å². The first kappa shape index (κ1) is 21.2. The third-order valence-electron chi connectivity index (χ3n) is 9.37. The number of nitrogens with zero attached hydrogens (tertiary/aromatic N) is 2. The Kier molecular flexibility index (Phi) is 6.28. The number of fused-ring (bicyclic) bond motifs is 3. The number of aryl methyl sites for hydroxylation is 5. The van der Waals surface area contributed by atoms with Crippen LogP contribution in [0, 0.1) is 51.8 Å². The molecule has 3 aromatic heterocycles. The molecule has 1 saturated carbocycles. The molecule has 1 fully saturated rings. The average Bonchev–Trinajstić information content (AvgIpc) is 3.62. The first-order valence-corrected chi connectivity index (χ1v) is 16.5. The molecule has 0 saturated heterocycles. The van der Waals surface area contributed by atoms with Crippen molar-refractivity contribution in [2.45, 2.75) is 79.7 Å². The minimum atomic E-state index is -2.60. The molecule has 3 nitrogen and oxygen atoms in total. The summed E-state index contributed by atoms with van der Waals surface area (Å²) in [5.74, 6) is -0.935. The summed E-state index contributed by atoms with van der Waals surface area (Å²) in [6, 6.07) is 28.2. The summed E-state index contributed by atoms with van der Waals surface area (Å²) in [7, 11) is 0. The molecule has 8 rings (SSSR count). The Labute approximate surface area is 339 Å². The molecule has 0 unspecified atom stereocenters. The van der Waals surface area contributed by atoms with E-state index in [1.807, 2.05) is 0 Å². The van der Waals surface area contributed by atoms with E-state index in [4.69, 9.17) is 25.0 Å². The molecule has 4 aromatic carbocycles. The van der Waals surface area contributed by atoms with Crippen LogP contribution in [-0.2, 0) is 20.1 Å². The number of rotatable bonds is 4. The molecule has 0 bridgehead atoms. The molecule has 1 aliphatic rings. The Bertz CT molecular complexity index is 2830. The van der Waals surface area contributed by atoms with Crippen molar-refractivity contribution in [3.63, 3.8) is 0 Å². The van der Waals surface area contributed by atoms with Crippen LogP contribution in [0.1, 0.15) is 101 Å². The topological polar surface area (TPSA) is 38.9 Å². The number of furan rings is 1. The van der Waals surface area contributed by atoms with E-state index in [2.05, 4.69) is 35.9 Å². The molecule has 1 aliphatic carbocycles. The van der Waals surface area contributed by atoms with Gasteiger partial charge in [-0.3, -0.25) is 0 Å². The standard InChI is InChI=1S/C34H34NO.C13H12N.Ir/c1-21-9-12-32-30(17-21)27-7-6-8-28(33(27)36-32)31-19-29(23(3)20-35-31)26-11-10-25(18-22(26)2)24-13-15-34(4,5)16-14-24;1-10-3-6-12(7-4-10)13-8-5-11(2)9-14-13;/h6-7,9-12,17-20,24H,13-16H2,1-5H3;3-6,8-9H,1-2H3;/q2*-1;/i1D3,2D3,3D3,24D;1D3,2D3;. The van der Waals surface area contributed by atoms with Crippen molar-refractivity contribution in [2.24, 2.45) is 5.41 Å². The van der Waals surface area contributed by atoms with E-state index in [1.54, 1.807) is 60.7 Å². The fourth-order valence-corrected chi connectivity index (χ4v) is 6.40. The van der Waals surface area contributed by atoms with Gasteiger partial charge in [0.25, 0.3) is 0 Å². The van der Waals surface area contributed by atoms with E-state index < -0.39 is 40.2 Å². The van der Waals surface area contributed by atoms with E-state index in [-0.39, 0.29) is 64.5 Å². The molecule has 4 heteroatoms. The maximum atomic E-state index is 9.24. The quantitative estimate of drug-likeness (QED) is 0.166. The smallest absolute Gasteiger partial charge is 0.120 e. The average molecular weight is 863 g/mol. The summed E-state index contributed by atoms with van der Waals surface area (Å²) in [6.07, 6.45) is 5.44. The van der Waals surface area contributed by atoms with Crippen molar-refractivity contribution in [3.05, 3.63) is 143 Å². The molecule has 3 heterocycles. The normalized spacial score (nSPS) is 20.7. The van der Waals surface area contributed by atoms with Crippen LogP contribution in [0.5, 0.6) is 0 Å². The molecule has 0 atom stereocenters. The van der Waals surface area contributed by atoms with Gasteiger partial charge in [-0.25, -0.2) is 0 Å². The molecular weight excluding hydrogens is 801 g/mol. The summed E-state index contributed by atoms with van der Waals surface area (Å²) >= 11 is 0. The van der Waals surface area contributed by atoms with Crippen LogP contribution in [0.2, 0.25) is 0 Å². The summed E-state index contributed by atoms with van der Waals surface area (Å²) in [5, 5.41) is 1.25. The van der Waals surface area contributed by atoms with Crippen LogP contribution in [0.4, 0.5) is 0 Å². The second kappa shape index (κ2) is 15.1. The second-order valence-corrected chi connectivity index (χ2v) is 13.5. The van der Waals surface area contributed by atoms with Crippen molar-refractivity contribution in [2.75, 3.05) is 0 Å². The Morgan fingerprint density at radius 2 is 1.51 bits per heavy atom. The molecule has 0 aliphatic heterocycles. The van der Waals surface area contributed by atoms with Gasteiger partial charge in [0, 0.05) is 59.8 Å². The molecule has 0 N–H and O–H groups in total. The summed E-state index contributed by atoms with van der Waals surface area (Å²) < 4.78 is 133. The van der Waals surface area contributed by atoms with Gasteiger partial charge in [-0.1, -0.05) is 79.7 Å². The molecule has 51 heavy (non-hydrogen) atoms. The van der Waals surface area contributed by atoms with E-state index in [1.165, 1.54) is 36.7 Å². The van der Waals surface area contributed by atoms with Crippen LogP contribution in [0.15, 0.2) is 102 Å². The number of aromatic nitrogens is 2. The first-order valence-electron chi connectivity index (χ1n) is 24.5. The van der Waals surface area contributed by atoms with Crippen molar-refractivity contribution in [1.29, 1.82) is 0 Å². The van der Waals surface area contributed by atoms with Gasteiger partial charge in [0.05, 0.1) is 5.58 Å². The second-order valence-electron chi connectivity index (χ2n) is 13.5. The zero-order chi connectivity index (χ0) is 48.4. The van der Waals surface area contributed by atoms with E-state index in [0.717, 1.165) is 12.8 Å². The SMILES string of the molecule is [2H]C([2H])([2H])c1c[c-]c(-c2ccc(C([2H])([2H])[2H])cn2)cc1.[2H]C([2H])([2H])c1ccc2oc3c(-c4cc(-c5ccc(C6([2H])CCC(C)(C)CC6)cc5C([2H])([2H])[2H])c(C([2H])([2H])[2H])cn4)[c-]ccc3c2c1.[Ir]. The Hall–Kier alpha value is -4.37.